The van der Waals surface area contributed by atoms with Gasteiger partial charge in [-0.1, -0.05) is 30.3 Å². The van der Waals surface area contributed by atoms with Crippen LogP contribution in [0, 0.1) is 0 Å². The van der Waals surface area contributed by atoms with Crippen LogP contribution in [0.15, 0.2) is 65.6 Å². The van der Waals surface area contributed by atoms with Crippen molar-refractivity contribution in [2.45, 2.75) is 11.3 Å². The molecule has 0 atom stereocenters. The second-order valence-corrected chi connectivity index (χ2v) is 7.85. The Balaban J connectivity index is 2.01. The summed E-state index contributed by atoms with van der Waals surface area (Å²) in [4.78, 5) is 1.89. The second-order valence-electron chi connectivity index (χ2n) is 6.20. The first-order chi connectivity index (χ1) is 13.1. The van der Waals surface area contributed by atoms with E-state index in [2.05, 4.69) is 9.46 Å². The zero-order valence-corrected chi connectivity index (χ0v) is 15.8. The molecule has 1 N–H and O–H groups in total. The molecule has 0 aromatic heterocycles. The van der Waals surface area contributed by atoms with E-state index in [4.69, 9.17) is 0 Å². The Morgan fingerprint density at radius 3 is 2.25 bits per heavy atom. The first kappa shape index (κ1) is 19.8. The molecular formula is C19H17F3N2O3S. The van der Waals surface area contributed by atoms with Gasteiger partial charge in [-0.15, -0.1) is 13.2 Å². The van der Waals surface area contributed by atoms with Crippen LogP contribution in [-0.4, -0.2) is 28.9 Å². The molecule has 3 aromatic rings. The summed E-state index contributed by atoms with van der Waals surface area (Å²) in [5, 5.41) is 1.24. The van der Waals surface area contributed by atoms with Crippen molar-refractivity contribution in [3.63, 3.8) is 0 Å². The van der Waals surface area contributed by atoms with Crippen LogP contribution in [0.4, 0.5) is 24.5 Å². The maximum atomic E-state index is 12.9. The summed E-state index contributed by atoms with van der Waals surface area (Å²) >= 11 is 0. The molecule has 0 bridgehead atoms. The molecule has 5 nitrogen and oxygen atoms in total. The number of hydrogen-bond acceptors (Lipinski definition) is 4. The molecule has 0 amide bonds. The van der Waals surface area contributed by atoms with Gasteiger partial charge in [0, 0.05) is 36.6 Å². The van der Waals surface area contributed by atoms with Gasteiger partial charge in [0.2, 0.25) is 0 Å². The van der Waals surface area contributed by atoms with Crippen molar-refractivity contribution in [1.29, 1.82) is 0 Å². The molecule has 148 valence electrons. The minimum atomic E-state index is -4.87. The Kier molecular flexibility index (Phi) is 5.12. The topological polar surface area (TPSA) is 58.6 Å². The molecule has 0 spiro atoms. The average Bonchev–Trinajstić information content (AvgIpc) is 2.59. The number of halogens is 3. The van der Waals surface area contributed by atoms with Crippen LogP contribution < -0.4 is 14.4 Å². The zero-order chi connectivity index (χ0) is 20.5. The SMILES string of the molecule is CN(C)c1cccc2c(S(=O)(=O)Nc3cccc(OC(F)(F)F)c3)cccc12. The van der Waals surface area contributed by atoms with Crippen LogP contribution in [0.5, 0.6) is 5.75 Å². The summed E-state index contributed by atoms with van der Waals surface area (Å²) in [5.74, 6) is -0.513. The highest BCUT2D eigenvalue weighted by Crippen LogP contribution is 2.32. The third-order valence-corrected chi connectivity index (χ3v) is 5.39. The Bertz CT molecular complexity index is 1110. The first-order valence-corrected chi connectivity index (χ1v) is 9.63. The van der Waals surface area contributed by atoms with E-state index in [1.807, 2.05) is 31.1 Å². The van der Waals surface area contributed by atoms with Gasteiger partial charge in [0.25, 0.3) is 10.0 Å². The van der Waals surface area contributed by atoms with E-state index in [1.54, 1.807) is 18.2 Å². The van der Waals surface area contributed by atoms with Gasteiger partial charge in [-0.3, -0.25) is 4.72 Å². The Morgan fingerprint density at radius 1 is 0.929 bits per heavy atom. The van der Waals surface area contributed by atoms with Crippen LogP contribution in [0.3, 0.4) is 0 Å². The van der Waals surface area contributed by atoms with Crippen LogP contribution in [-0.2, 0) is 10.0 Å². The molecule has 0 fully saturated rings. The smallest absolute Gasteiger partial charge is 0.406 e. The summed E-state index contributed by atoms with van der Waals surface area (Å²) in [6.45, 7) is 0. The Morgan fingerprint density at radius 2 is 1.57 bits per heavy atom. The standard InChI is InChI=1S/C19H17F3N2O3S/c1-24(2)17-10-4-9-16-15(17)8-5-11-18(16)28(25,26)23-13-6-3-7-14(12-13)27-19(20,21)22/h3-12,23H,1-2H3. The summed E-state index contributed by atoms with van der Waals surface area (Å²) in [6.07, 6.45) is -4.87. The molecule has 9 heteroatoms. The molecule has 0 aliphatic carbocycles. The average molecular weight is 410 g/mol. The summed E-state index contributed by atoms with van der Waals surface area (Å²) in [5.41, 5.74) is 0.803. The van der Waals surface area contributed by atoms with E-state index in [0.29, 0.717) is 5.39 Å². The lowest BCUT2D eigenvalue weighted by Gasteiger charge is -2.17. The maximum absolute atomic E-state index is 12.9. The van der Waals surface area contributed by atoms with E-state index < -0.39 is 22.1 Å². The number of fused-ring (bicyclic) bond motifs is 1. The third kappa shape index (κ3) is 4.30. The molecule has 0 heterocycles. The summed E-state index contributed by atoms with van der Waals surface area (Å²) in [7, 11) is -0.353. The quantitative estimate of drug-likeness (QED) is 0.668. The van der Waals surface area contributed by atoms with Crippen molar-refractivity contribution in [2.75, 3.05) is 23.7 Å². The largest absolute Gasteiger partial charge is 0.573 e. The lowest BCUT2D eigenvalue weighted by Crippen LogP contribution is -2.17. The van der Waals surface area contributed by atoms with E-state index in [9.17, 15) is 21.6 Å². The molecule has 0 aliphatic rings. The van der Waals surface area contributed by atoms with Gasteiger partial charge in [0.1, 0.15) is 5.75 Å². The lowest BCUT2D eigenvalue weighted by atomic mass is 10.1. The van der Waals surface area contributed by atoms with Gasteiger partial charge in [-0.25, -0.2) is 8.42 Å². The van der Waals surface area contributed by atoms with E-state index in [0.717, 1.165) is 23.2 Å². The van der Waals surface area contributed by atoms with Gasteiger partial charge >= 0.3 is 6.36 Å². The van der Waals surface area contributed by atoms with Crippen LogP contribution in [0.2, 0.25) is 0 Å². The summed E-state index contributed by atoms with van der Waals surface area (Å²) in [6, 6.07) is 14.8. The van der Waals surface area contributed by atoms with Crippen molar-refractivity contribution in [3.8, 4) is 5.75 Å². The maximum Gasteiger partial charge on any atom is 0.573 e. The van der Waals surface area contributed by atoms with Gasteiger partial charge in [-0.2, -0.15) is 0 Å². The molecule has 3 rings (SSSR count). The fraction of sp³-hybridized carbons (Fsp3) is 0.158. The third-order valence-electron chi connectivity index (χ3n) is 3.95. The number of rotatable bonds is 5. The highest BCUT2D eigenvalue weighted by atomic mass is 32.2. The molecule has 0 aliphatic heterocycles. The number of nitrogens with one attached hydrogen (secondary N) is 1. The molecule has 0 saturated carbocycles. The lowest BCUT2D eigenvalue weighted by molar-refractivity contribution is -0.274. The van der Waals surface area contributed by atoms with Crippen LogP contribution >= 0.6 is 0 Å². The highest BCUT2D eigenvalue weighted by Gasteiger charge is 2.31. The predicted molar refractivity (Wildman–Crippen MR) is 102 cm³/mol. The van der Waals surface area contributed by atoms with Crippen molar-refractivity contribution < 1.29 is 26.3 Å². The van der Waals surface area contributed by atoms with E-state index in [-0.39, 0.29) is 10.6 Å². The van der Waals surface area contributed by atoms with Gasteiger partial charge < -0.3 is 9.64 Å². The fourth-order valence-electron chi connectivity index (χ4n) is 2.86. The number of alkyl halides is 3. The molecule has 3 aromatic carbocycles. The van der Waals surface area contributed by atoms with Crippen molar-refractivity contribution >= 4 is 32.2 Å². The van der Waals surface area contributed by atoms with Crippen molar-refractivity contribution in [1.82, 2.24) is 0 Å². The normalized spacial score (nSPS) is 12.0. The zero-order valence-electron chi connectivity index (χ0n) is 15.0. The number of hydrogen-bond donors (Lipinski definition) is 1. The van der Waals surface area contributed by atoms with Crippen LogP contribution in [0.1, 0.15) is 0 Å². The fourth-order valence-corrected chi connectivity index (χ4v) is 4.13. The van der Waals surface area contributed by atoms with E-state index in [1.165, 1.54) is 18.2 Å². The highest BCUT2D eigenvalue weighted by molar-refractivity contribution is 7.93. The monoisotopic (exact) mass is 410 g/mol. The van der Waals surface area contributed by atoms with Gasteiger partial charge in [0.15, 0.2) is 0 Å². The van der Waals surface area contributed by atoms with Gasteiger partial charge in [-0.05, 0) is 24.3 Å². The molecule has 0 unspecified atom stereocenters. The number of ether oxygens (including phenoxy) is 1. The minimum absolute atomic E-state index is 0.0239. The Hall–Kier alpha value is -2.94. The van der Waals surface area contributed by atoms with Gasteiger partial charge in [0.05, 0.1) is 10.6 Å². The Labute approximate surface area is 160 Å². The van der Waals surface area contributed by atoms with Crippen LogP contribution in [0.25, 0.3) is 10.8 Å². The molecular weight excluding hydrogens is 393 g/mol. The first-order valence-electron chi connectivity index (χ1n) is 8.14. The summed E-state index contributed by atoms with van der Waals surface area (Å²) < 4.78 is 69.1. The minimum Gasteiger partial charge on any atom is -0.406 e. The van der Waals surface area contributed by atoms with Crippen molar-refractivity contribution in [2.24, 2.45) is 0 Å². The molecule has 0 saturated heterocycles. The number of benzene rings is 3. The predicted octanol–water partition coefficient (Wildman–Crippen LogP) is 4.61. The number of nitrogens with zero attached hydrogens (tertiary/aromatic N) is 1. The number of sulfonamides is 1. The molecule has 0 radical (unpaired) electrons. The van der Waals surface area contributed by atoms with E-state index >= 15 is 0 Å². The molecule has 28 heavy (non-hydrogen) atoms. The van der Waals surface area contributed by atoms with Crippen molar-refractivity contribution in [3.05, 3.63) is 60.7 Å². The second kappa shape index (κ2) is 7.23. The number of anilines is 2.